The summed E-state index contributed by atoms with van der Waals surface area (Å²) >= 11 is 0. The number of amides is 1. The van der Waals surface area contributed by atoms with Crippen molar-refractivity contribution in [3.8, 4) is 5.75 Å². The van der Waals surface area contributed by atoms with Crippen LogP contribution in [0.4, 0.5) is 0 Å². The molecular formula is C21H24N2O4. The minimum absolute atomic E-state index is 0.0448. The minimum atomic E-state index is -0.0448. The van der Waals surface area contributed by atoms with Gasteiger partial charge in [-0.15, -0.1) is 0 Å². The first-order valence-corrected chi connectivity index (χ1v) is 9.37. The van der Waals surface area contributed by atoms with Crippen LogP contribution in [0.5, 0.6) is 5.75 Å². The summed E-state index contributed by atoms with van der Waals surface area (Å²) in [5.74, 6) is 0.836. The second kappa shape index (κ2) is 8.06. The lowest BCUT2D eigenvalue weighted by Gasteiger charge is -2.20. The van der Waals surface area contributed by atoms with Crippen molar-refractivity contribution >= 4 is 5.91 Å². The molecule has 0 spiro atoms. The third-order valence-corrected chi connectivity index (χ3v) is 5.47. The predicted octanol–water partition coefficient (Wildman–Crippen LogP) is 2.48. The number of fused-ring (bicyclic) bond motifs is 1. The molecule has 6 heteroatoms. The first kappa shape index (κ1) is 17.9. The molecule has 3 atom stereocenters. The van der Waals surface area contributed by atoms with Crippen molar-refractivity contribution in [3.63, 3.8) is 0 Å². The van der Waals surface area contributed by atoms with Gasteiger partial charge in [-0.2, -0.15) is 0 Å². The maximum absolute atomic E-state index is 12.7. The molecule has 142 valence electrons. The van der Waals surface area contributed by atoms with E-state index in [1.165, 1.54) is 6.07 Å². The van der Waals surface area contributed by atoms with E-state index < -0.39 is 0 Å². The van der Waals surface area contributed by atoms with Gasteiger partial charge in [0.15, 0.2) is 0 Å². The lowest BCUT2D eigenvalue weighted by molar-refractivity contribution is 0.0648. The van der Waals surface area contributed by atoms with E-state index in [2.05, 4.69) is 4.98 Å². The summed E-state index contributed by atoms with van der Waals surface area (Å²) in [6.07, 6.45) is 4.58. The Kier molecular flexibility index (Phi) is 5.36. The molecule has 2 saturated heterocycles. The van der Waals surface area contributed by atoms with Crippen molar-refractivity contribution < 1.29 is 19.4 Å². The van der Waals surface area contributed by atoms with Gasteiger partial charge in [0.25, 0.3) is 5.91 Å². The Morgan fingerprint density at radius 1 is 1.26 bits per heavy atom. The van der Waals surface area contributed by atoms with Crippen LogP contribution in [0, 0.1) is 11.8 Å². The van der Waals surface area contributed by atoms with Crippen LogP contribution in [0.2, 0.25) is 0 Å². The van der Waals surface area contributed by atoms with Gasteiger partial charge in [-0.3, -0.25) is 9.78 Å². The van der Waals surface area contributed by atoms with Crippen LogP contribution in [0.3, 0.4) is 0 Å². The Labute approximate surface area is 158 Å². The Bertz CT molecular complexity index is 783. The average molecular weight is 368 g/mol. The number of rotatable bonds is 6. The SMILES string of the molecule is O=C(c1cccc(O)c1)N1C[C@H]2[C@@H](CCOCc3ccncc3)CO[C@H]2C1. The Balaban J connectivity index is 1.27. The van der Waals surface area contributed by atoms with Gasteiger partial charge in [-0.1, -0.05) is 6.07 Å². The van der Waals surface area contributed by atoms with E-state index in [4.69, 9.17) is 9.47 Å². The number of aromatic hydroxyl groups is 1. The molecule has 0 aliphatic carbocycles. The van der Waals surface area contributed by atoms with E-state index in [-0.39, 0.29) is 17.8 Å². The summed E-state index contributed by atoms with van der Waals surface area (Å²) < 4.78 is 11.7. The molecule has 27 heavy (non-hydrogen) atoms. The number of hydrogen-bond donors (Lipinski definition) is 1. The molecule has 2 aromatic rings. The highest BCUT2D eigenvalue weighted by Crippen LogP contribution is 2.36. The van der Waals surface area contributed by atoms with Crippen molar-refractivity contribution in [2.24, 2.45) is 11.8 Å². The molecule has 0 radical (unpaired) electrons. The van der Waals surface area contributed by atoms with Crippen LogP contribution < -0.4 is 0 Å². The van der Waals surface area contributed by atoms with Crippen LogP contribution >= 0.6 is 0 Å². The Morgan fingerprint density at radius 2 is 2.11 bits per heavy atom. The zero-order valence-corrected chi connectivity index (χ0v) is 15.2. The van der Waals surface area contributed by atoms with Gasteiger partial charge in [0.2, 0.25) is 0 Å². The zero-order chi connectivity index (χ0) is 18.6. The molecule has 0 saturated carbocycles. The van der Waals surface area contributed by atoms with Crippen molar-refractivity contribution in [1.29, 1.82) is 0 Å². The number of carbonyl (C=O) groups excluding carboxylic acids is 1. The fraction of sp³-hybridized carbons (Fsp3) is 0.429. The smallest absolute Gasteiger partial charge is 0.254 e. The number of pyridine rings is 1. The molecule has 3 heterocycles. The van der Waals surface area contributed by atoms with E-state index in [0.717, 1.165) is 18.6 Å². The van der Waals surface area contributed by atoms with Crippen molar-refractivity contribution in [1.82, 2.24) is 9.88 Å². The molecule has 6 nitrogen and oxygen atoms in total. The highest BCUT2D eigenvalue weighted by molar-refractivity contribution is 5.94. The zero-order valence-electron chi connectivity index (χ0n) is 15.2. The highest BCUT2D eigenvalue weighted by Gasteiger charge is 2.44. The molecule has 2 fully saturated rings. The van der Waals surface area contributed by atoms with Crippen molar-refractivity contribution in [3.05, 3.63) is 59.9 Å². The molecule has 1 amide bonds. The molecule has 0 bridgehead atoms. The number of carbonyl (C=O) groups is 1. The van der Waals surface area contributed by atoms with Crippen molar-refractivity contribution in [2.75, 3.05) is 26.3 Å². The van der Waals surface area contributed by atoms with Crippen LogP contribution in [-0.4, -0.2) is 53.3 Å². The standard InChI is InChI=1S/C21H24N2O4/c24-18-3-1-2-16(10-18)21(25)23-11-19-17(14-27-20(19)12-23)6-9-26-13-15-4-7-22-8-5-15/h1-5,7-8,10,17,19-20,24H,6,9,11-14H2/t17-,19-,20-/m0/s1. The first-order chi connectivity index (χ1) is 13.2. The normalized spacial score (nSPS) is 24.1. The molecule has 2 aliphatic rings. The lowest BCUT2D eigenvalue weighted by atomic mass is 9.91. The molecule has 4 rings (SSSR count). The fourth-order valence-corrected chi connectivity index (χ4v) is 3.99. The van der Waals surface area contributed by atoms with Crippen LogP contribution in [0.25, 0.3) is 0 Å². The molecule has 1 aromatic carbocycles. The summed E-state index contributed by atoms with van der Waals surface area (Å²) in [7, 11) is 0. The van der Waals surface area contributed by atoms with Gasteiger partial charge in [-0.05, 0) is 48.2 Å². The monoisotopic (exact) mass is 368 g/mol. The number of nitrogens with zero attached hydrogens (tertiary/aromatic N) is 2. The summed E-state index contributed by atoms with van der Waals surface area (Å²) in [5, 5.41) is 9.60. The molecule has 2 aliphatic heterocycles. The van der Waals surface area contributed by atoms with E-state index in [1.54, 1.807) is 30.6 Å². The van der Waals surface area contributed by atoms with Crippen LogP contribution in [0.15, 0.2) is 48.8 Å². The van der Waals surface area contributed by atoms with Crippen LogP contribution in [-0.2, 0) is 16.1 Å². The lowest BCUT2D eigenvalue weighted by Crippen LogP contribution is -2.31. The Hall–Kier alpha value is -2.44. The van der Waals surface area contributed by atoms with E-state index in [9.17, 15) is 9.90 Å². The summed E-state index contributed by atoms with van der Waals surface area (Å²) in [4.78, 5) is 18.5. The number of phenolic OH excluding ortho intramolecular Hbond substituents is 1. The maximum Gasteiger partial charge on any atom is 0.254 e. The second-order valence-corrected chi connectivity index (χ2v) is 7.25. The molecule has 0 unspecified atom stereocenters. The Morgan fingerprint density at radius 3 is 2.93 bits per heavy atom. The number of ether oxygens (including phenoxy) is 2. The quantitative estimate of drug-likeness (QED) is 0.793. The first-order valence-electron chi connectivity index (χ1n) is 9.37. The van der Waals surface area contributed by atoms with Gasteiger partial charge in [0.1, 0.15) is 5.75 Å². The largest absolute Gasteiger partial charge is 0.508 e. The fourth-order valence-electron chi connectivity index (χ4n) is 3.99. The summed E-state index contributed by atoms with van der Waals surface area (Å²) in [6.45, 7) is 3.33. The topological polar surface area (TPSA) is 71.9 Å². The third kappa shape index (κ3) is 4.12. The van der Waals surface area contributed by atoms with Gasteiger partial charge >= 0.3 is 0 Å². The number of benzene rings is 1. The van der Waals surface area contributed by atoms with Gasteiger partial charge in [0, 0.05) is 43.6 Å². The predicted molar refractivity (Wildman–Crippen MR) is 99.2 cm³/mol. The number of phenols is 1. The summed E-state index contributed by atoms with van der Waals surface area (Å²) in [5.41, 5.74) is 1.64. The van der Waals surface area contributed by atoms with E-state index >= 15 is 0 Å². The minimum Gasteiger partial charge on any atom is -0.508 e. The van der Waals surface area contributed by atoms with E-state index in [0.29, 0.717) is 43.7 Å². The molecular weight excluding hydrogens is 344 g/mol. The number of likely N-dealkylation sites (tertiary alicyclic amines) is 1. The summed E-state index contributed by atoms with van der Waals surface area (Å²) in [6, 6.07) is 10.4. The highest BCUT2D eigenvalue weighted by atomic mass is 16.5. The number of aromatic nitrogens is 1. The second-order valence-electron chi connectivity index (χ2n) is 7.25. The van der Waals surface area contributed by atoms with Gasteiger partial charge in [0.05, 0.1) is 19.3 Å². The molecule has 1 N–H and O–H groups in total. The van der Waals surface area contributed by atoms with Gasteiger partial charge in [-0.25, -0.2) is 0 Å². The van der Waals surface area contributed by atoms with Crippen molar-refractivity contribution in [2.45, 2.75) is 19.1 Å². The number of hydrogen-bond acceptors (Lipinski definition) is 5. The van der Waals surface area contributed by atoms with E-state index in [1.807, 2.05) is 17.0 Å². The van der Waals surface area contributed by atoms with Crippen LogP contribution in [0.1, 0.15) is 22.3 Å². The average Bonchev–Trinajstić information content (AvgIpc) is 3.27. The maximum atomic E-state index is 12.7. The molecule has 1 aromatic heterocycles. The third-order valence-electron chi connectivity index (χ3n) is 5.47. The van der Waals surface area contributed by atoms with Gasteiger partial charge < -0.3 is 19.5 Å².